The predicted molar refractivity (Wildman–Crippen MR) is 71.9 cm³/mol. The Morgan fingerprint density at radius 1 is 1.50 bits per heavy atom. The van der Waals surface area contributed by atoms with Crippen LogP contribution in [-0.4, -0.2) is 36.2 Å². The molecule has 0 bridgehead atoms. The fourth-order valence-electron chi connectivity index (χ4n) is 2.48. The van der Waals surface area contributed by atoms with Crippen molar-refractivity contribution in [2.75, 3.05) is 25.1 Å². The van der Waals surface area contributed by atoms with Crippen molar-refractivity contribution in [3.63, 3.8) is 0 Å². The molecule has 0 amide bonds. The standard InChI is InChI=1S/C13H22N4O/c1-4-10-8-17(6-5-11(10)14)12-7-13(18-3)16-9(2)15-12/h7,10-11H,4-6,8,14H2,1-3H3. The van der Waals surface area contributed by atoms with Crippen LogP contribution in [0, 0.1) is 12.8 Å². The average molecular weight is 250 g/mol. The second-order valence-corrected chi connectivity index (χ2v) is 4.88. The Hall–Kier alpha value is -1.36. The van der Waals surface area contributed by atoms with Gasteiger partial charge in [-0.25, -0.2) is 4.98 Å². The Morgan fingerprint density at radius 3 is 2.94 bits per heavy atom. The number of methoxy groups -OCH3 is 1. The summed E-state index contributed by atoms with van der Waals surface area (Å²) in [6, 6.07) is 2.22. The molecule has 2 atom stereocenters. The highest BCUT2D eigenvalue weighted by molar-refractivity contribution is 5.42. The molecule has 1 aliphatic heterocycles. The van der Waals surface area contributed by atoms with Crippen LogP contribution >= 0.6 is 0 Å². The second-order valence-electron chi connectivity index (χ2n) is 4.88. The predicted octanol–water partition coefficient (Wildman–Crippen LogP) is 1.36. The van der Waals surface area contributed by atoms with Gasteiger partial charge in [-0.05, 0) is 19.3 Å². The Bertz CT molecular complexity index is 410. The highest BCUT2D eigenvalue weighted by Crippen LogP contribution is 2.24. The molecule has 100 valence electrons. The molecule has 2 heterocycles. The Balaban J connectivity index is 2.18. The fraction of sp³-hybridized carbons (Fsp3) is 0.692. The van der Waals surface area contributed by atoms with Gasteiger partial charge in [-0.3, -0.25) is 0 Å². The maximum Gasteiger partial charge on any atom is 0.218 e. The van der Waals surface area contributed by atoms with Gasteiger partial charge in [0, 0.05) is 25.2 Å². The van der Waals surface area contributed by atoms with E-state index in [4.69, 9.17) is 10.5 Å². The Morgan fingerprint density at radius 2 is 2.28 bits per heavy atom. The van der Waals surface area contributed by atoms with Crippen molar-refractivity contribution >= 4 is 5.82 Å². The van der Waals surface area contributed by atoms with Crippen molar-refractivity contribution in [2.45, 2.75) is 32.7 Å². The molecule has 0 saturated carbocycles. The van der Waals surface area contributed by atoms with E-state index in [-0.39, 0.29) is 0 Å². The number of anilines is 1. The molecule has 2 rings (SSSR count). The van der Waals surface area contributed by atoms with Crippen molar-refractivity contribution < 1.29 is 4.74 Å². The van der Waals surface area contributed by atoms with Gasteiger partial charge in [0.15, 0.2) is 0 Å². The first-order valence-electron chi connectivity index (χ1n) is 6.54. The van der Waals surface area contributed by atoms with E-state index in [9.17, 15) is 0 Å². The number of hydrogen-bond acceptors (Lipinski definition) is 5. The van der Waals surface area contributed by atoms with Gasteiger partial charge in [0.05, 0.1) is 7.11 Å². The van der Waals surface area contributed by atoms with E-state index in [1.807, 2.05) is 13.0 Å². The monoisotopic (exact) mass is 250 g/mol. The maximum atomic E-state index is 6.13. The summed E-state index contributed by atoms with van der Waals surface area (Å²) in [5, 5.41) is 0. The van der Waals surface area contributed by atoms with Crippen LogP contribution in [0.15, 0.2) is 6.07 Å². The smallest absolute Gasteiger partial charge is 0.218 e. The van der Waals surface area contributed by atoms with E-state index in [0.29, 0.717) is 17.8 Å². The lowest BCUT2D eigenvalue weighted by molar-refractivity contribution is 0.345. The Kier molecular flexibility index (Phi) is 4.01. The zero-order valence-corrected chi connectivity index (χ0v) is 11.4. The molecule has 2 unspecified atom stereocenters. The van der Waals surface area contributed by atoms with Crippen molar-refractivity contribution in [3.8, 4) is 5.88 Å². The topological polar surface area (TPSA) is 64.3 Å². The van der Waals surface area contributed by atoms with Crippen molar-refractivity contribution in [3.05, 3.63) is 11.9 Å². The van der Waals surface area contributed by atoms with Crippen LogP contribution in [0.25, 0.3) is 0 Å². The van der Waals surface area contributed by atoms with Gasteiger partial charge in [0.2, 0.25) is 5.88 Å². The largest absolute Gasteiger partial charge is 0.481 e. The summed E-state index contributed by atoms with van der Waals surface area (Å²) in [4.78, 5) is 11.0. The number of nitrogens with two attached hydrogens (primary N) is 1. The molecule has 0 radical (unpaired) electrons. The van der Waals surface area contributed by atoms with Crippen molar-refractivity contribution in [1.29, 1.82) is 0 Å². The molecule has 1 aromatic rings. The lowest BCUT2D eigenvalue weighted by atomic mass is 9.91. The molecule has 1 aromatic heterocycles. The molecule has 1 aliphatic rings. The molecule has 0 aromatic carbocycles. The molecule has 18 heavy (non-hydrogen) atoms. The third-order valence-electron chi connectivity index (χ3n) is 3.65. The lowest BCUT2D eigenvalue weighted by Gasteiger charge is -2.37. The number of aryl methyl sites for hydroxylation is 1. The van der Waals surface area contributed by atoms with Gasteiger partial charge in [0.1, 0.15) is 11.6 Å². The SMILES string of the molecule is CCC1CN(c2cc(OC)nc(C)n2)CCC1N. The number of rotatable bonds is 3. The van der Waals surface area contributed by atoms with E-state index in [1.165, 1.54) is 0 Å². The molecule has 1 fully saturated rings. The van der Waals surface area contributed by atoms with Crippen LogP contribution in [0.5, 0.6) is 5.88 Å². The van der Waals surface area contributed by atoms with Crippen LogP contribution in [0.2, 0.25) is 0 Å². The minimum absolute atomic E-state index is 0.316. The minimum atomic E-state index is 0.316. The van der Waals surface area contributed by atoms with Crippen LogP contribution in [-0.2, 0) is 0 Å². The van der Waals surface area contributed by atoms with Crippen molar-refractivity contribution in [1.82, 2.24) is 9.97 Å². The maximum absolute atomic E-state index is 6.13. The summed E-state index contributed by atoms with van der Waals surface area (Å²) in [7, 11) is 1.63. The average Bonchev–Trinajstić information content (AvgIpc) is 2.38. The van der Waals surface area contributed by atoms with Crippen LogP contribution in [0.3, 0.4) is 0 Å². The first-order valence-corrected chi connectivity index (χ1v) is 6.54. The quantitative estimate of drug-likeness (QED) is 0.877. The summed E-state index contributed by atoms with van der Waals surface area (Å²) in [6.45, 7) is 6.01. The minimum Gasteiger partial charge on any atom is -0.481 e. The third-order valence-corrected chi connectivity index (χ3v) is 3.65. The summed E-state index contributed by atoms with van der Waals surface area (Å²) in [6.07, 6.45) is 2.13. The van der Waals surface area contributed by atoms with Crippen molar-refractivity contribution in [2.24, 2.45) is 11.7 Å². The van der Waals surface area contributed by atoms with Crippen LogP contribution < -0.4 is 15.4 Å². The highest BCUT2D eigenvalue weighted by atomic mass is 16.5. The number of nitrogens with zero attached hydrogens (tertiary/aromatic N) is 3. The highest BCUT2D eigenvalue weighted by Gasteiger charge is 2.26. The van der Waals surface area contributed by atoms with E-state index in [2.05, 4.69) is 21.8 Å². The number of piperidine rings is 1. The van der Waals surface area contributed by atoms with Crippen LogP contribution in [0.4, 0.5) is 5.82 Å². The van der Waals surface area contributed by atoms with Gasteiger partial charge in [-0.1, -0.05) is 13.3 Å². The van der Waals surface area contributed by atoms with Gasteiger partial charge in [-0.15, -0.1) is 0 Å². The number of aromatic nitrogens is 2. The second kappa shape index (κ2) is 5.52. The third kappa shape index (κ3) is 2.72. The fourth-order valence-corrected chi connectivity index (χ4v) is 2.48. The Labute approximate surface area is 108 Å². The lowest BCUT2D eigenvalue weighted by Crippen LogP contribution is -2.47. The molecule has 2 N–H and O–H groups in total. The van der Waals surface area contributed by atoms with E-state index < -0.39 is 0 Å². The molecular weight excluding hydrogens is 228 g/mol. The first kappa shape index (κ1) is 13.1. The van der Waals surface area contributed by atoms with E-state index in [0.717, 1.165) is 37.6 Å². The molecule has 0 spiro atoms. The molecular formula is C13H22N4O. The van der Waals surface area contributed by atoms with E-state index >= 15 is 0 Å². The summed E-state index contributed by atoms with van der Waals surface area (Å²) < 4.78 is 5.20. The first-order chi connectivity index (χ1) is 8.63. The van der Waals surface area contributed by atoms with Gasteiger partial charge >= 0.3 is 0 Å². The van der Waals surface area contributed by atoms with Gasteiger partial charge in [-0.2, -0.15) is 4.98 Å². The van der Waals surface area contributed by atoms with E-state index in [1.54, 1.807) is 7.11 Å². The van der Waals surface area contributed by atoms with Gasteiger partial charge < -0.3 is 15.4 Å². The zero-order chi connectivity index (χ0) is 13.1. The van der Waals surface area contributed by atoms with Crippen LogP contribution in [0.1, 0.15) is 25.6 Å². The molecule has 5 nitrogen and oxygen atoms in total. The van der Waals surface area contributed by atoms with Gasteiger partial charge in [0.25, 0.3) is 0 Å². The summed E-state index contributed by atoms with van der Waals surface area (Å²) >= 11 is 0. The summed E-state index contributed by atoms with van der Waals surface area (Å²) in [5.74, 6) is 2.86. The molecule has 5 heteroatoms. The number of hydrogen-bond donors (Lipinski definition) is 1. The zero-order valence-electron chi connectivity index (χ0n) is 11.4. The molecule has 1 saturated heterocycles. The number of ether oxygens (including phenoxy) is 1. The summed E-state index contributed by atoms with van der Waals surface area (Å²) in [5.41, 5.74) is 6.13. The molecule has 0 aliphatic carbocycles. The normalized spacial score (nSPS) is 24.1.